The van der Waals surface area contributed by atoms with Gasteiger partial charge < -0.3 is 4.90 Å². The van der Waals surface area contributed by atoms with Crippen molar-refractivity contribution < 1.29 is 4.79 Å². The summed E-state index contributed by atoms with van der Waals surface area (Å²) in [6.45, 7) is 8.23. The minimum Gasteiger partial charge on any atom is -0.366 e. The van der Waals surface area contributed by atoms with Gasteiger partial charge in [-0.2, -0.15) is 0 Å². The van der Waals surface area contributed by atoms with Gasteiger partial charge in [0, 0.05) is 36.4 Å². The minimum atomic E-state index is 0.126. The number of benzene rings is 1. The monoisotopic (exact) mass is 246 g/mol. The van der Waals surface area contributed by atoms with Crippen LogP contribution in [0.15, 0.2) is 24.3 Å². The third-order valence-electron chi connectivity index (χ3n) is 3.90. The smallest absolute Gasteiger partial charge is 0.159 e. The maximum absolute atomic E-state index is 11.3. The Labute approximate surface area is 109 Å². The van der Waals surface area contributed by atoms with Crippen molar-refractivity contribution in [3.05, 3.63) is 29.8 Å². The van der Waals surface area contributed by atoms with Crippen molar-refractivity contribution in [3.8, 4) is 0 Å². The van der Waals surface area contributed by atoms with Gasteiger partial charge in [-0.15, -0.1) is 0 Å². The Morgan fingerprint density at radius 1 is 1.11 bits per heavy atom. The van der Waals surface area contributed by atoms with Gasteiger partial charge in [-0.1, -0.05) is 0 Å². The zero-order valence-corrected chi connectivity index (χ0v) is 11.7. The highest BCUT2D eigenvalue weighted by molar-refractivity contribution is 5.94. The minimum absolute atomic E-state index is 0.126. The van der Waals surface area contributed by atoms with Gasteiger partial charge in [0.05, 0.1) is 0 Å². The Morgan fingerprint density at radius 3 is 2.28 bits per heavy atom. The number of hydrogen-bond donors (Lipinski definition) is 0. The van der Waals surface area contributed by atoms with Gasteiger partial charge in [0.15, 0.2) is 5.78 Å². The molecule has 2 rings (SSSR count). The van der Waals surface area contributed by atoms with E-state index in [1.54, 1.807) is 6.92 Å². The fraction of sp³-hybridized carbons (Fsp3) is 0.533. The summed E-state index contributed by atoms with van der Waals surface area (Å²) >= 11 is 0. The lowest BCUT2D eigenvalue weighted by Gasteiger charge is -2.43. The van der Waals surface area contributed by atoms with Crippen LogP contribution in [-0.4, -0.2) is 42.9 Å². The van der Waals surface area contributed by atoms with E-state index in [1.807, 2.05) is 12.1 Å². The van der Waals surface area contributed by atoms with E-state index >= 15 is 0 Å². The van der Waals surface area contributed by atoms with E-state index in [4.69, 9.17) is 0 Å². The van der Waals surface area contributed by atoms with Crippen molar-refractivity contribution in [1.29, 1.82) is 0 Å². The second kappa shape index (κ2) is 5.11. The van der Waals surface area contributed by atoms with Crippen molar-refractivity contribution in [3.63, 3.8) is 0 Å². The van der Waals surface area contributed by atoms with Crippen molar-refractivity contribution in [2.75, 3.05) is 25.0 Å². The highest BCUT2D eigenvalue weighted by atomic mass is 16.1. The fourth-order valence-electron chi connectivity index (χ4n) is 2.55. The number of anilines is 1. The molecule has 0 bridgehead atoms. The first-order valence-corrected chi connectivity index (χ1v) is 6.57. The summed E-state index contributed by atoms with van der Waals surface area (Å²) in [5, 5.41) is 0. The maximum Gasteiger partial charge on any atom is 0.159 e. The summed E-state index contributed by atoms with van der Waals surface area (Å²) < 4.78 is 0. The first-order valence-electron chi connectivity index (χ1n) is 6.57. The average Bonchev–Trinajstić information content (AvgIpc) is 2.34. The molecule has 0 radical (unpaired) electrons. The molecular formula is C15H22N2O. The number of Topliss-reactive ketones (excluding diaryl/α,β-unsaturated/α-hetero) is 1. The molecule has 0 spiro atoms. The lowest BCUT2D eigenvalue weighted by atomic mass is 10.1. The third-order valence-corrected chi connectivity index (χ3v) is 3.90. The maximum atomic E-state index is 11.3. The quantitative estimate of drug-likeness (QED) is 0.749. The van der Waals surface area contributed by atoms with Gasteiger partial charge in [-0.3, -0.25) is 9.69 Å². The summed E-state index contributed by atoms with van der Waals surface area (Å²) in [7, 11) is 2.18. The van der Waals surface area contributed by atoms with Crippen LogP contribution in [0.4, 0.5) is 5.69 Å². The third kappa shape index (κ3) is 2.56. The molecule has 0 aliphatic carbocycles. The van der Waals surface area contributed by atoms with Gasteiger partial charge in [0.1, 0.15) is 0 Å². The van der Waals surface area contributed by atoms with Crippen LogP contribution in [0.5, 0.6) is 0 Å². The number of hydrogen-bond acceptors (Lipinski definition) is 3. The van der Waals surface area contributed by atoms with Crippen LogP contribution in [0, 0.1) is 0 Å². The zero-order valence-electron chi connectivity index (χ0n) is 11.7. The Morgan fingerprint density at radius 2 is 1.72 bits per heavy atom. The number of likely N-dealkylation sites (N-methyl/N-ethyl adjacent to an activating group) is 1. The highest BCUT2D eigenvalue weighted by Crippen LogP contribution is 2.23. The molecule has 1 aromatic carbocycles. The van der Waals surface area contributed by atoms with E-state index in [9.17, 15) is 4.79 Å². The molecule has 1 aliphatic rings. The normalized spacial score (nSPS) is 25.2. The van der Waals surface area contributed by atoms with Gasteiger partial charge >= 0.3 is 0 Å². The van der Waals surface area contributed by atoms with E-state index in [1.165, 1.54) is 5.69 Å². The molecule has 0 amide bonds. The van der Waals surface area contributed by atoms with Crippen LogP contribution < -0.4 is 4.90 Å². The summed E-state index contributed by atoms with van der Waals surface area (Å²) in [4.78, 5) is 16.1. The molecule has 3 nitrogen and oxygen atoms in total. The molecule has 0 aromatic heterocycles. The topological polar surface area (TPSA) is 23.6 Å². The first-order chi connectivity index (χ1) is 8.49. The Hall–Kier alpha value is -1.35. The van der Waals surface area contributed by atoms with Crippen molar-refractivity contribution >= 4 is 11.5 Å². The van der Waals surface area contributed by atoms with Crippen LogP contribution in [0.2, 0.25) is 0 Å². The van der Waals surface area contributed by atoms with E-state index in [0.717, 1.165) is 18.7 Å². The first kappa shape index (κ1) is 13.1. The molecule has 3 heteroatoms. The lowest BCUT2D eigenvalue weighted by Crippen LogP contribution is -2.55. The Bertz CT molecular complexity index is 427. The molecule has 2 atom stereocenters. The highest BCUT2D eigenvalue weighted by Gasteiger charge is 2.26. The number of rotatable bonds is 2. The van der Waals surface area contributed by atoms with Gasteiger partial charge in [-0.05, 0) is 52.1 Å². The molecule has 1 fully saturated rings. The second-order valence-electron chi connectivity index (χ2n) is 5.39. The molecule has 0 saturated carbocycles. The summed E-state index contributed by atoms with van der Waals surface area (Å²) in [5.41, 5.74) is 2.00. The zero-order chi connectivity index (χ0) is 13.3. The molecule has 1 aliphatic heterocycles. The van der Waals surface area contributed by atoms with E-state index in [2.05, 4.69) is 42.8 Å². The van der Waals surface area contributed by atoms with Crippen molar-refractivity contribution in [2.24, 2.45) is 0 Å². The summed E-state index contributed by atoms with van der Waals surface area (Å²) in [6.07, 6.45) is 0. The van der Waals surface area contributed by atoms with E-state index < -0.39 is 0 Å². The largest absolute Gasteiger partial charge is 0.366 e. The lowest BCUT2D eigenvalue weighted by molar-refractivity contribution is 0.101. The van der Waals surface area contributed by atoms with Gasteiger partial charge in [0.2, 0.25) is 0 Å². The predicted octanol–water partition coefficient (Wildman–Crippen LogP) is 2.42. The molecule has 0 N–H and O–H groups in total. The number of carbonyl (C=O) groups is 1. The van der Waals surface area contributed by atoms with Crippen molar-refractivity contribution in [1.82, 2.24) is 4.90 Å². The number of nitrogens with zero attached hydrogens (tertiary/aromatic N) is 2. The molecule has 1 heterocycles. The molecule has 98 valence electrons. The second-order valence-corrected chi connectivity index (χ2v) is 5.39. The number of piperazine rings is 1. The van der Waals surface area contributed by atoms with E-state index in [-0.39, 0.29) is 5.78 Å². The average molecular weight is 246 g/mol. The molecule has 1 aromatic rings. The number of ketones is 1. The summed E-state index contributed by atoms with van der Waals surface area (Å²) in [5.74, 6) is 0.126. The van der Waals surface area contributed by atoms with Crippen LogP contribution in [0.25, 0.3) is 0 Å². The van der Waals surface area contributed by atoms with Crippen LogP contribution in [0.1, 0.15) is 31.1 Å². The number of carbonyl (C=O) groups excluding carboxylic acids is 1. The predicted molar refractivity (Wildman–Crippen MR) is 75.3 cm³/mol. The summed E-state index contributed by atoms with van der Waals surface area (Å²) in [6, 6.07) is 9.04. The van der Waals surface area contributed by atoms with Gasteiger partial charge in [-0.25, -0.2) is 0 Å². The molecule has 0 unspecified atom stereocenters. The Kier molecular flexibility index (Phi) is 3.71. The van der Waals surface area contributed by atoms with Crippen molar-refractivity contribution in [2.45, 2.75) is 32.9 Å². The van der Waals surface area contributed by atoms with Crippen LogP contribution >= 0.6 is 0 Å². The molecule has 18 heavy (non-hydrogen) atoms. The van der Waals surface area contributed by atoms with Crippen LogP contribution in [-0.2, 0) is 0 Å². The fourth-order valence-corrected chi connectivity index (χ4v) is 2.55. The SMILES string of the molecule is CC(=O)c1ccc(N2C[C@H](C)N(C)C[C@H]2C)cc1. The van der Waals surface area contributed by atoms with E-state index in [0.29, 0.717) is 12.1 Å². The van der Waals surface area contributed by atoms with Gasteiger partial charge in [0.25, 0.3) is 0 Å². The molecule has 1 saturated heterocycles. The molecular weight excluding hydrogens is 224 g/mol. The van der Waals surface area contributed by atoms with Crippen LogP contribution in [0.3, 0.4) is 0 Å². The Balaban J connectivity index is 2.18. The standard InChI is InChI=1S/C15H22N2O/c1-11-10-17(12(2)9-16(11)4)15-7-5-14(6-8-15)13(3)18/h5-8,11-12H,9-10H2,1-4H3/t11-,12+/m0/s1.